The van der Waals surface area contributed by atoms with Crippen LogP contribution >= 0.6 is 12.6 Å². The fourth-order valence-electron chi connectivity index (χ4n) is 0.274. The standard InChI is InChI=1S/C6H15NS/c1-6(2,3)5(7)4-8/h5,8H,4,7H2,1-3H3/t5-/m0/s1. The summed E-state index contributed by atoms with van der Waals surface area (Å²) in [5, 5.41) is 0. The molecule has 0 saturated carbocycles. The second kappa shape index (κ2) is 2.74. The van der Waals surface area contributed by atoms with Gasteiger partial charge in [-0.2, -0.15) is 12.6 Å². The molecule has 0 fully saturated rings. The number of hydrogen-bond donors (Lipinski definition) is 2. The summed E-state index contributed by atoms with van der Waals surface area (Å²) in [6, 6.07) is 0.214. The third kappa shape index (κ3) is 2.58. The molecule has 0 bridgehead atoms. The van der Waals surface area contributed by atoms with Gasteiger partial charge in [-0.1, -0.05) is 20.8 Å². The van der Waals surface area contributed by atoms with E-state index in [0.717, 1.165) is 5.75 Å². The maximum absolute atomic E-state index is 5.67. The molecule has 0 rings (SSSR count). The van der Waals surface area contributed by atoms with Gasteiger partial charge in [0.25, 0.3) is 0 Å². The molecular weight excluding hydrogens is 118 g/mol. The molecule has 0 aliphatic rings. The Hall–Kier alpha value is 0.310. The molecule has 2 heteroatoms. The second-order valence-corrected chi connectivity index (χ2v) is 3.52. The van der Waals surface area contributed by atoms with E-state index in [4.69, 9.17) is 5.73 Å². The average molecular weight is 133 g/mol. The molecule has 0 aliphatic heterocycles. The molecule has 0 unspecified atom stereocenters. The zero-order valence-corrected chi connectivity index (χ0v) is 6.70. The van der Waals surface area contributed by atoms with Crippen LogP contribution in [0.15, 0.2) is 0 Å². The van der Waals surface area contributed by atoms with E-state index < -0.39 is 0 Å². The topological polar surface area (TPSA) is 26.0 Å². The van der Waals surface area contributed by atoms with Crippen molar-refractivity contribution in [1.82, 2.24) is 0 Å². The molecule has 2 N–H and O–H groups in total. The molecule has 50 valence electrons. The molecule has 0 spiro atoms. The van der Waals surface area contributed by atoms with Crippen molar-refractivity contribution >= 4 is 12.6 Å². The fourth-order valence-corrected chi connectivity index (χ4v) is 0.822. The van der Waals surface area contributed by atoms with Crippen LogP contribution in [-0.2, 0) is 0 Å². The van der Waals surface area contributed by atoms with Gasteiger partial charge in [-0.25, -0.2) is 0 Å². The van der Waals surface area contributed by atoms with Crippen molar-refractivity contribution in [3.8, 4) is 0 Å². The fraction of sp³-hybridized carbons (Fsp3) is 1.00. The van der Waals surface area contributed by atoms with E-state index in [1.165, 1.54) is 0 Å². The lowest BCUT2D eigenvalue weighted by Gasteiger charge is -2.24. The van der Waals surface area contributed by atoms with E-state index >= 15 is 0 Å². The van der Waals surface area contributed by atoms with Gasteiger partial charge in [0.05, 0.1) is 0 Å². The first-order chi connectivity index (χ1) is 3.48. The van der Waals surface area contributed by atoms with Crippen LogP contribution in [0, 0.1) is 5.41 Å². The summed E-state index contributed by atoms with van der Waals surface area (Å²) in [5.41, 5.74) is 5.88. The molecule has 0 aromatic rings. The Morgan fingerprint density at radius 3 is 1.88 bits per heavy atom. The highest BCUT2D eigenvalue weighted by molar-refractivity contribution is 7.80. The van der Waals surface area contributed by atoms with Crippen LogP contribution in [-0.4, -0.2) is 11.8 Å². The summed E-state index contributed by atoms with van der Waals surface area (Å²) in [4.78, 5) is 0. The molecular formula is C6H15NS. The minimum Gasteiger partial charge on any atom is -0.326 e. The Balaban J connectivity index is 3.62. The predicted molar refractivity (Wildman–Crippen MR) is 41.3 cm³/mol. The van der Waals surface area contributed by atoms with E-state index in [-0.39, 0.29) is 11.5 Å². The van der Waals surface area contributed by atoms with Crippen LogP contribution in [0.25, 0.3) is 0 Å². The maximum atomic E-state index is 5.67. The van der Waals surface area contributed by atoms with Gasteiger partial charge in [0.15, 0.2) is 0 Å². The SMILES string of the molecule is CC(C)(C)[C@@H](N)CS. The molecule has 0 amide bonds. The Bertz CT molecular complexity index is 65.4. The summed E-state index contributed by atoms with van der Waals surface area (Å²) in [7, 11) is 0. The molecule has 0 aliphatic carbocycles. The molecule has 1 atom stereocenters. The monoisotopic (exact) mass is 133 g/mol. The van der Waals surface area contributed by atoms with Crippen LogP contribution in [0.3, 0.4) is 0 Å². The first-order valence-electron chi connectivity index (χ1n) is 2.85. The molecule has 1 nitrogen and oxygen atoms in total. The number of rotatable bonds is 1. The lowest BCUT2D eigenvalue weighted by molar-refractivity contribution is 0.344. The van der Waals surface area contributed by atoms with Crippen LogP contribution in [0.4, 0.5) is 0 Å². The van der Waals surface area contributed by atoms with Gasteiger partial charge in [-0.3, -0.25) is 0 Å². The number of thiol groups is 1. The van der Waals surface area contributed by atoms with Crippen molar-refractivity contribution in [3.05, 3.63) is 0 Å². The Morgan fingerprint density at radius 2 is 1.88 bits per heavy atom. The first-order valence-corrected chi connectivity index (χ1v) is 3.48. The van der Waals surface area contributed by atoms with Crippen molar-refractivity contribution in [2.45, 2.75) is 26.8 Å². The zero-order chi connectivity index (χ0) is 6.78. The van der Waals surface area contributed by atoms with Crippen molar-refractivity contribution < 1.29 is 0 Å². The van der Waals surface area contributed by atoms with E-state index in [2.05, 4.69) is 33.4 Å². The van der Waals surface area contributed by atoms with Gasteiger partial charge in [0, 0.05) is 11.8 Å². The lowest BCUT2D eigenvalue weighted by atomic mass is 9.89. The van der Waals surface area contributed by atoms with Crippen molar-refractivity contribution in [3.63, 3.8) is 0 Å². The van der Waals surface area contributed by atoms with Gasteiger partial charge in [0.1, 0.15) is 0 Å². The Morgan fingerprint density at radius 1 is 1.50 bits per heavy atom. The molecule has 0 aromatic carbocycles. The third-order valence-corrected chi connectivity index (χ3v) is 1.70. The van der Waals surface area contributed by atoms with E-state index in [9.17, 15) is 0 Å². The summed E-state index contributed by atoms with van der Waals surface area (Å²) in [5.74, 6) is 0.767. The van der Waals surface area contributed by atoms with Crippen LogP contribution < -0.4 is 5.73 Å². The maximum Gasteiger partial charge on any atom is 0.0177 e. The highest BCUT2D eigenvalue weighted by atomic mass is 32.1. The largest absolute Gasteiger partial charge is 0.326 e. The number of hydrogen-bond acceptors (Lipinski definition) is 2. The number of nitrogens with two attached hydrogens (primary N) is 1. The minimum absolute atomic E-state index is 0.210. The van der Waals surface area contributed by atoms with Gasteiger partial charge in [0.2, 0.25) is 0 Å². The zero-order valence-electron chi connectivity index (χ0n) is 5.81. The predicted octanol–water partition coefficient (Wildman–Crippen LogP) is 1.29. The van der Waals surface area contributed by atoms with Crippen LogP contribution in [0.2, 0.25) is 0 Å². The highest BCUT2D eigenvalue weighted by Gasteiger charge is 2.17. The highest BCUT2D eigenvalue weighted by Crippen LogP contribution is 2.17. The third-order valence-electron chi connectivity index (χ3n) is 1.31. The molecule has 0 heterocycles. The lowest BCUT2D eigenvalue weighted by Crippen LogP contribution is -2.36. The molecule has 0 radical (unpaired) electrons. The van der Waals surface area contributed by atoms with Crippen LogP contribution in [0.5, 0.6) is 0 Å². The van der Waals surface area contributed by atoms with E-state index in [1.54, 1.807) is 0 Å². The van der Waals surface area contributed by atoms with Crippen molar-refractivity contribution in [1.29, 1.82) is 0 Å². The molecule has 0 saturated heterocycles. The Kier molecular flexibility index (Phi) is 2.84. The normalized spacial score (nSPS) is 16.1. The van der Waals surface area contributed by atoms with Gasteiger partial charge >= 0.3 is 0 Å². The summed E-state index contributed by atoms with van der Waals surface area (Å²) in [6.45, 7) is 6.36. The average Bonchev–Trinajstić information content (AvgIpc) is 1.62. The van der Waals surface area contributed by atoms with Gasteiger partial charge < -0.3 is 5.73 Å². The summed E-state index contributed by atoms with van der Waals surface area (Å²) >= 11 is 4.08. The van der Waals surface area contributed by atoms with E-state index in [1.807, 2.05) is 0 Å². The molecule has 8 heavy (non-hydrogen) atoms. The Labute approximate surface area is 57.1 Å². The van der Waals surface area contributed by atoms with Crippen LogP contribution in [0.1, 0.15) is 20.8 Å². The second-order valence-electron chi connectivity index (χ2n) is 3.16. The minimum atomic E-state index is 0.210. The molecule has 0 aromatic heterocycles. The van der Waals surface area contributed by atoms with E-state index in [0.29, 0.717) is 0 Å². The van der Waals surface area contributed by atoms with Gasteiger partial charge in [-0.05, 0) is 5.41 Å². The summed E-state index contributed by atoms with van der Waals surface area (Å²) in [6.07, 6.45) is 0. The van der Waals surface area contributed by atoms with Gasteiger partial charge in [-0.15, -0.1) is 0 Å². The van der Waals surface area contributed by atoms with Crippen molar-refractivity contribution in [2.24, 2.45) is 11.1 Å². The van der Waals surface area contributed by atoms with Crippen molar-refractivity contribution in [2.75, 3.05) is 5.75 Å². The first kappa shape index (κ1) is 8.31. The smallest absolute Gasteiger partial charge is 0.0177 e. The summed E-state index contributed by atoms with van der Waals surface area (Å²) < 4.78 is 0. The quantitative estimate of drug-likeness (QED) is 0.518.